The minimum Gasteiger partial charge on any atom is -0.353 e. The Morgan fingerprint density at radius 2 is 2.06 bits per heavy atom. The molecule has 0 aromatic carbocycles. The summed E-state index contributed by atoms with van der Waals surface area (Å²) in [7, 11) is 0. The predicted octanol–water partition coefficient (Wildman–Crippen LogP) is 0.960. The van der Waals surface area contributed by atoms with Crippen LogP contribution in [0.4, 0.5) is 0 Å². The Morgan fingerprint density at radius 3 is 2.47 bits per heavy atom. The zero-order chi connectivity index (χ0) is 13.1. The first-order valence-corrected chi connectivity index (χ1v) is 6.63. The third-order valence-electron chi connectivity index (χ3n) is 3.38. The number of rotatable bonds is 6. The molecule has 1 atom stereocenters. The van der Waals surface area contributed by atoms with Crippen LogP contribution in [0.2, 0.25) is 0 Å². The molecule has 1 fully saturated rings. The van der Waals surface area contributed by atoms with Gasteiger partial charge in [0.25, 0.3) is 0 Å². The van der Waals surface area contributed by atoms with Crippen molar-refractivity contribution < 1.29 is 4.79 Å². The first-order chi connectivity index (χ1) is 7.86. The molecule has 1 aliphatic carbocycles. The fourth-order valence-corrected chi connectivity index (χ4v) is 1.86. The Bertz CT molecular complexity index is 256. The number of hydrogen-bond donors (Lipinski definition) is 2. The molecule has 0 radical (unpaired) electrons. The molecule has 0 aliphatic heterocycles. The van der Waals surface area contributed by atoms with Gasteiger partial charge >= 0.3 is 0 Å². The van der Waals surface area contributed by atoms with Gasteiger partial charge in [0.15, 0.2) is 0 Å². The highest BCUT2D eigenvalue weighted by molar-refractivity contribution is 5.82. The molecule has 1 rings (SSSR count). The van der Waals surface area contributed by atoms with Crippen molar-refractivity contribution in [2.24, 2.45) is 11.1 Å². The van der Waals surface area contributed by atoms with Crippen LogP contribution >= 0.6 is 0 Å². The Labute approximate surface area is 105 Å². The molecule has 0 heterocycles. The van der Waals surface area contributed by atoms with Crippen LogP contribution in [-0.4, -0.2) is 42.5 Å². The van der Waals surface area contributed by atoms with Gasteiger partial charge in [0.1, 0.15) is 0 Å². The van der Waals surface area contributed by atoms with Crippen LogP contribution in [0.25, 0.3) is 0 Å². The molecule has 0 spiro atoms. The maximum absolute atomic E-state index is 11.8. The smallest absolute Gasteiger partial charge is 0.237 e. The van der Waals surface area contributed by atoms with Gasteiger partial charge in [-0.25, -0.2) is 0 Å². The number of carbonyl (C=O) groups excluding carboxylic acids is 1. The predicted molar refractivity (Wildman–Crippen MR) is 70.7 cm³/mol. The first kappa shape index (κ1) is 14.5. The summed E-state index contributed by atoms with van der Waals surface area (Å²) in [6.07, 6.45) is 2.62. The SMILES string of the molecule is CCN(CCNC(=O)[C@@H](N)C(C)(C)C)C1CC1. The van der Waals surface area contributed by atoms with E-state index in [-0.39, 0.29) is 11.3 Å². The third-order valence-corrected chi connectivity index (χ3v) is 3.38. The molecule has 1 amide bonds. The van der Waals surface area contributed by atoms with E-state index in [0.29, 0.717) is 6.54 Å². The average Bonchev–Trinajstić information content (AvgIpc) is 3.05. The van der Waals surface area contributed by atoms with Crippen LogP contribution < -0.4 is 11.1 Å². The third kappa shape index (κ3) is 4.64. The highest BCUT2D eigenvalue weighted by Gasteiger charge is 2.29. The highest BCUT2D eigenvalue weighted by atomic mass is 16.2. The highest BCUT2D eigenvalue weighted by Crippen LogP contribution is 2.25. The summed E-state index contributed by atoms with van der Waals surface area (Å²) in [5.41, 5.74) is 5.71. The normalized spacial score (nSPS) is 18.2. The summed E-state index contributed by atoms with van der Waals surface area (Å²) in [5, 5.41) is 2.93. The fraction of sp³-hybridized carbons (Fsp3) is 0.923. The fourth-order valence-electron chi connectivity index (χ4n) is 1.86. The number of carbonyl (C=O) groups is 1. The Morgan fingerprint density at radius 1 is 1.47 bits per heavy atom. The second-order valence-electron chi connectivity index (χ2n) is 5.99. The van der Waals surface area contributed by atoms with E-state index in [9.17, 15) is 4.79 Å². The Hall–Kier alpha value is -0.610. The summed E-state index contributed by atoms with van der Waals surface area (Å²) >= 11 is 0. The lowest BCUT2D eigenvalue weighted by atomic mass is 9.87. The standard InChI is InChI=1S/C13H27N3O/c1-5-16(10-6-7-10)9-8-15-12(17)11(14)13(2,3)4/h10-11H,5-9,14H2,1-4H3,(H,15,17)/t11-/m1/s1. The van der Waals surface area contributed by atoms with E-state index in [4.69, 9.17) is 5.73 Å². The van der Waals surface area contributed by atoms with E-state index in [1.54, 1.807) is 0 Å². The number of hydrogen-bond acceptors (Lipinski definition) is 3. The van der Waals surface area contributed by atoms with Crippen LogP contribution in [0.3, 0.4) is 0 Å². The maximum Gasteiger partial charge on any atom is 0.237 e. The van der Waals surface area contributed by atoms with Crippen molar-refractivity contribution in [2.45, 2.75) is 52.6 Å². The zero-order valence-corrected chi connectivity index (χ0v) is 11.6. The summed E-state index contributed by atoms with van der Waals surface area (Å²) in [6.45, 7) is 10.8. The van der Waals surface area contributed by atoms with Crippen molar-refractivity contribution in [1.82, 2.24) is 10.2 Å². The van der Waals surface area contributed by atoms with E-state index in [0.717, 1.165) is 19.1 Å². The lowest BCUT2D eigenvalue weighted by molar-refractivity contribution is -0.124. The first-order valence-electron chi connectivity index (χ1n) is 6.63. The number of nitrogens with two attached hydrogens (primary N) is 1. The lowest BCUT2D eigenvalue weighted by Crippen LogP contribution is -2.50. The molecule has 0 saturated heterocycles. The largest absolute Gasteiger partial charge is 0.353 e. The van der Waals surface area contributed by atoms with Gasteiger partial charge in [0.05, 0.1) is 6.04 Å². The van der Waals surface area contributed by atoms with E-state index in [1.165, 1.54) is 12.8 Å². The molecule has 0 unspecified atom stereocenters. The van der Waals surface area contributed by atoms with Gasteiger partial charge in [-0.2, -0.15) is 0 Å². The molecular formula is C13H27N3O. The lowest BCUT2D eigenvalue weighted by Gasteiger charge is -2.26. The summed E-state index contributed by atoms with van der Waals surface area (Å²) in [6, 6.07) is 0.326. The van der Waals surface area contributed by atoms with Crippen LogP contribution in [0.1, 0.15) is 40.5 Å². The minimum atomic E-state index is -0.432. The minimum absolute atomic E-state index is 0.0376. The van der Waals surface area contributed by atoms with Crippen LogP contribution in [-0.2, 0) is 4.79 Å². The molecule has 100 valence electrons. The van der Waals surface area contributed by atoms with E-state index >= 15 is 0 Å². The maximum atomic E-state index is 11.8. The molecular weight excluding hydrogens is 214 g/mol. The molecule has 17 heavy (non-hydrogen) atoms. The van der Waals surface area contributed by atoms with Crippen molar-refractivity contribution in [3.8, 4) is 0 Å². The quantitative estimate of drug-likeness (QED) is 0.728. The molecule has 0 aromatic rings. The van der Waals surface area contributed by atoms with Crippen LogP contribution in [0, 0.1) is 5.41 Å². The van der Waals surface area contributed by atoms with Gasteiger partial charge in [-0.3, -0.25) is 9.69 Å². The van der Waals surface area contributed by atoms with Gasteiger partial charge < -0.3 is 11.1 Å². The Balaban J connectivity index is 2.23. The van der Waals surface area contributed by atoms with Crippen molar-refractivity contribution >= 4 is 5.91 Å². The van der Waals surface area contributed by atoms with Gasteiger partial charge in [-0.15, -0.1) is 0 Å². The second-order valence-corrected chi connectivity index (χ2v) is 5.99. The zero-order valence-electron chi connectivity index (χ0n) is 11.6. The monoisotopic (exact) mass is 241 g/mol. The van der Waals surface area contributed by atoms with Gasteiger partial charge in [0.2, 0.25) is 5.91 Å². The average molecular weight is 241 g/mol. The Kier molecular flexibility index (Phi) is 4.95. The molecule has 4 nitrogen and oxygen atoms in total. The molecule has 0 aromatic heterocycles. The van der Waals surface area contributed by atoms with E-state index < -0.39 is 6.04 Å². The van der Waals surface area contributed by atoms with E-state index in [2.05, 4.69) is 17.1 Å². The van der Waals surface area contributed by atoms with Crippen LogP contribution in [0.5, 0.6) is 0 Å². The van der Waals surface area contributed by atoms with Gasteiger partial charge in [-0.05, 0) is 24.8 Å². The topological polar surface area (TPSA) is 58.4 Å². The van der Waals surface area contributed by atoms with Crippen molar-refractivity contribution in [3.63, 3.8) is 0 Å². The summed E-state index contributed by atoms with van der Waals surface area (Å²) in [4.78, 5) is 14.2. The molecule has 4 heteroatoms. The molecule has 3 N–H and O–H groups in total. The summed E-state index contributed by atoms with van der Waals surface area (Å²) in [5.74, 6) is -0.0376. The second kappa shape index (κ2) is 5.83. The molecule has 1 saturated carbocycles. The van der Waals surface area contributed by atoms with Crippen molar-refractivity contribution in [2.75, 3.05) is 19.6 Å². The molecule has 1 aliphatic rings. The number of nitrogens with one attached hydrogen (secondary N) is 1. The number of nitrogens with zero attached hydrogens (tertiary/aromatic N) is 1. The van der Waals surface area contributed by atoms with E-state index in [1.807, 2.05) is 20.8 Å². The number of amides is 1. The van der Waals surface area contributed by atoms with Crippen molar-refractivity contribution in [1.29, 1.82) is 0 Å². The summed E-state index contributed by atoms with van der Waals surface area (Å²) < 4.78 is 0. The number of likely N-dealkylation sites (N-methyl/N-ethyl adjacent to an activating group) is 1. The van der Waals surface area contributed by atoms with Crippen LogP contribution in [0.15, 0.2) is 0 Å². The molecule has 0 bridgehead atoms. The van der Waals surface area contributed by atoms with Crippen molar-refractivity contribution in [3.05, 3.63) is 0 Å². The van der Waals surface area contributed by atoms with Gasteiger partial charge in [0, 0.05) is 19.1 Å². The van der Waals surface area contributed by atoms with Gasteiger partial charge in [-0.1, -0.05) is 27.7 Å².